The van der Waals surface area contributed by atoms with Gasteiger partial charge in [0.15, 0.2) is 0 Å². The Labute approximate surface area is 189 Å². The topological polar surface area (TPSA) is 120 Å². The van der Waals surface area contributed by atoms with Crippen LogP contribution in [0.1, 0.15) is 52.1 Å². The van der Waals surface area contributed by atoms with Crippen LogP contribution in [0.25, 0.3) is 11.0 Å². The Hall–Kier alpha value is -3.94. The van der Waals surface area contributed by atoms with Crippen LogP contribution in [0.15, 0.2) is 52.0 Å². The highest BCUT2D eigenvalue weighted by Gasteiger charge is 2.39. The molecule has 3 aromatic rings. The number of carbonyl (C=O) groups excluding carboxylic acids is 2. The first-order chi connectivity index (χ1) is 16.0. The van der Waals surface area contributed by atoms with E-state index >= 15 is 0 Å². The van der Waals surface area contributed by atoms with E-state index in [9.17, 15) is 24.7 Å². The number of rotatable bonds is 5. The van der Waals surface area contributed by atoms with Gasteiger partial charge in [0.2, 0.25) is 5.91 Å². The van der Waals surface area contributed by atoms with Gasteiger partial charge in [-0.15, -0.1) is 0 Å². The number of carboxylic acids is 1. The molecule has 0 radical (unpaired) electrons. The van der Waals surface area contributed by atoms with E-state index in [0.717, 1.165) is 41.7 Å². The van der Waals surface area contributed by atoms with E-state index in [-0.39, 0.29) is 18.7 Å². The highest BCUT2D eigenvalue weighted by molar-refractivity contribution is 6.14. The van der Waals surface area contributed by atoms with Gasteiger partial charge in [-0.1, -0.05) is 35.5 Å². The molecule has 168 valence electrons. The van der Waals surface area contributed by atoms with Crippen molar-refractivity contribution in [2.24, 2.45) is 11.1 Å². The first-order valence-corrected chi connectivity index (χ1v) is 10.9. The molecule has 0 fully saturated rings. The zero-order valence-electron chi connectivity index (χ0n) is 17.8. The molecule has 2 aromatic carbocycles. The molecule has 8 nitrogen and oxygen atoms in total. The normalized spacial score (nSPS) is 16.5. The third-order valence-corrected chi connectivity index (χ3v) is 6.49. The summed E-state index contributed by atoms with van der Waals surface area (Å²) >= 11 is 0. The molecule has 0 spiro atoms. The number of benzene rings is 2. The molecule has 0 bridgehead atoms. The molecule has 0 saturated heterocycles. The molecule has 2 N–H and O–H groups in total. The highest BCUT2D eigenvalue weighted by atomic mass is 16.4. The van der Waals surface area contributed by atoms with Gasteiger partial charge in [-0.2, -0.15) is 0 Å². The average molecular weight is 446 g/mol. The van der Waals surface area contributed by atoms with Crippen molar-refractivity contribution in [1.29, 1.82) is 0 Å². The lowest BCUT2D eigenvalue weighted by Crippen LogP contribution is -2.40. The lowest BCUT2D eigenvalue weighted by atomic mass is 9.93. The molecule has 1 aliphatic heterocycles. The van der Waals surface area contributed by atoms with Crippen molar-refractivity contribution < 1.29 is 29.1 Å². The molecular weight excluding hydrogens is 424 g/mol. The Balaban J connectivity index is 1.41. The minimum absolute atomic E-state index is 0.0210. The Kier molecular flexibility index (Phi) is 5.20. The molecule has 5 rings (SSSR count). The second kappa shape index (κ2) is 8.20. The van der Waals surface area contributed by atoms with Crippen LogP contribution in [0, 0.1) is 5.92 Å². The van der Waals surface area contributed by atoms with E-state index in [1.165, 1.54) is 5.56 Å². The van der Waals surface area contributed by atoms with Gasteiger partial charge >= 0.3 is 5.97 Å². The van der Waals surface area contributed by atoms with E-state index in [0.29, 0.717) is 22.3 Å². The first kappa shape index (κ1) is 20.9. The SMILES string of the molecule is O=C(O)C(CC(=NO)c1ccc2c3c(oc2c1)CCCC3)C(=O)N1Cc2ccccc2C1=O. The third-order valence-electron chi connectivity index (χ3n) is 6.49. The quantitative estimate of drug-likeness (QED) is 0.266. The second-order valence-electron chi connectivity index (χ2n) is 8.45. The summed E-state index contributed by atoms with van der Waals surface area (Å²) in [6.07, 6.45) is 3.64. The van der Waals surface area contributed by atoms with Gasteiger partial charge in [0.25, 0.3) is 5.91 Å². The molecule has 2 amide bonds. The number of imide groups is 1. The van der Waals surface area contributed by atoms with Gasteiger partial charge in [-0.25, -0.2) is 0 Å². The molecule has 1 aliphatic carbocycles. The molecule has 1 unspecified atom stereocenters. The Morgan fingerprint density at radius 1 is 1.12 bits per heavy atom. The number of aryl methyl sites for hydroxylation is 2. The summed E-state index contributed by atoms with van der Waals surface area (Å²) < 4.78 is 5.98. The number of carbonyl (C=O) groups is 3. The number of nitrogens with zero attached hydrogens (tertiary/aromatic N) is 2. The number of hydrogen-bond acceptors (Lipinski definition) is 6. The Morgan fingerprint density at radius 3 is 2.67 bits per heavy atom. The van der Waals surface area contributed by atoms with Gasteiger partial charge < -0.3 is 14.7 Å². The minimum atomic E-state index is -1.57. The molecule has 8 heteroatoms. The van der Waals surface area contributed by atoms with E-state index < -0.39 is 23.7 Å². The maximum absolute atomic E-state index is 13.1. The van der Waals surface area contributed by atoms with E-state index in [2.05, 4.69) is 5.16 Å². The maximum Gasteiger partial charge on any atom is 0.316 e. The van der Waals surface area contributed by atoms with E-state index in [1.54, 1.807) is 36.4 Å². The van der Waals surface area contributed by atoms with Crippen LogP contribution in [0.2, 0.25) is 0 Å². The van der Waals surface area contributed by atoms with E-state index in [4.69, 9.17) is 4.42 Å². The highest BCUT2D eigenvalue weighted by Crippen LogP contribution is 2.33. The van der Waals surface area contributed by atoms with Crippen LogP contribution >= 0.6 is 0 Å². The van der Waals surface area contributed by atoms with Crippen LogP contribution in [0.3, 0.4) is 0 Å². The number of furan rings is 1. The lowest BCUT2D eigenvalue weighted by molar-refractivity contribution is -0.149. The standard InChI is InChI=1S/C25H22N2O6/c28-23-16-6-2-1-5-15(16)13-27(23)24(29)19(25(30)31)12-20(26-32)14-9-10-18-17-7-3-4-8-21(17)33-22(18)11-14/h1-2,5-6,9-11,19,32H,3-4,7-8,12-13H2,(H,30,31). The van der Waals surface area contributed by atoms with Crippen molar-refractivity contribution in [3.63, 3.8) is 0 Å². The summed E-state index contributed by atoms with van der Waals surface area (Å²) in [7, 11) is 0. The number of oxime groups is 1. The predicted molar refractivity (Wildman–Crippen MR) is 118 cm³/mol. The van der Waals surface area contributed by atoms with Gasteiger partial charge in [0, 0.05) is 34.9 Å². The maximum atomic E-state index is 13.1. The van der Waals surface area contributed by atoms with Crippen molar-refractivity contribution in [2.75, 3.05) is 0 Å². The fraction of sp³-hybridized carbons (Fsp3) is 0.280. The van der Waals surface area contributed by atoms with Crippen LogP contribution < -0.4 is 0 Å². The number of fused-ring (bicyclic) bond motifs is 4. The summed E-state index contributed by atoms with van der Waals surface area (Å²) in [4.78, 5) is 38.7. The zero-order valence-corrected chi connectivity index (χ0v) is 17.8. The van der Waals surface area contributed by atoms with Crippen molar-refractivity contribution in [3.05, 3.63) is 70.5 Å². The van der Waals surface area contributed by atoms with Crippen molar-refractivity contribution in [2.45, 2.75) is 38.6 Å². The zero-order chi connectivity index (χ0) is 23.1. The number of amides is 2. The molecule has 2 aliphatic rings. The molecular formula is C25H22N2O6. The fourth-order valence-electron chi connectivity index (χ4n) is 4.75. The van der Waals surface area contributed by atoms with Gasteiger partial charge in [0.05, 0.1) is 12.3 Å². The van der Waals surface area contributed by atoms with Crippen molar-refractivity contribution in [1.82, 2.24) is 4.90 Å². The first-order valence-electron chi connectivity index (χ1n) is 10.9. The van der Waals surface area contributed by atoms with Crippen LogP contribution in [0.4, 0.5) is 0 Å². The lowest BCUT2D eigenvalue weighted by Gasteiger charge is -2.19. The van der Waals surface area contributed by atoms with Crippen LogP contribution in [0.5, 0.6) is 0 Å². The summed E-state index contributed by atoms with van der Waals surface area (Å²) in [6, 6.07) is 12.1. The van der Waals surface area contributed by atoms with Crippen molar-refractivity contribution >= 4 is 34.5 Å². The molecule has 1 atom stereocenters. The summed E-state index contributed by atoms with van der Waals surface area (Å²) in [6.45, 7) is 0.0210. The Morgan fingerprint density at radius 2 is 1.91 bits per heavy atom. The molecule has 2 heterocycles. The molecule has 1 aromatic heterocycles. The average Bonchev–Trinajstić information content (AvgIpc) is 3.36. The van der Waals surface area contributed by atoms with Crippen LogP contribution in [-0.4, -0.2) is 38.7 Å². The second-order valence-corrected chi connectivity index (χ2v) is 8.45. The summed E-state index contributed by atoms with van der Waals surface area (Å²) in [5.74, 6) is -3.36. The molecule has 33 heavy (non-hydrogen) atoms. The monoisotopic (exact) mass is 446 g/mol. The Bertz CT molecular complexity index is 1320. The number of hydrogen-bond donors (Lipinski definition) is 2. The smallest absolute Gasteiger partial charge is 0.316 e. The van der Waals surface area contributed by atoms with E-state index in [1.807, 2.05) is 6.07 Å². The predicted octanol–water partition coefficient (Wildman–Crippen LogP) is 3.76. The largest absolute Gasteiger partial charge is 0.481 e. The minimum Gasteiger partial charge on any atom is -0.481 e. The number of carboxylic acid groups (broad SMARTS) is 1. The van der Waals surface area contributed by atoms with Gasteiger partial charge in [-0.05, 0) is 37.0 Å². The number of aliphatic carboxylic acids is 1. The summed E-state index contributed by atoms with van der Waals surface area (Å²) in [5, 5.41) is 23.7. The van der Waals surface area contributed by atoms with Crippen molar-refractivity contribution in [3.8, 4) is 0 Å². The van der Waals surface area contributed by atoms with Gasteiger partial charge in [-0.3, -0.25) is 19.3 Å². The van der Waals surface area contributed by atoms with Crippen LogP contribution in [-0.2, 0) is 29.0 Å². The van der Waals surface area contributed by atoms with Gasteiger partial charge in [0.1, 0.15) is 17.3 Å². The summed E-state index contributed by atoms with van der Waals surface area (Å²) in [5.41, 5.74) is 3.39. The third kappa shape index (κ3) is 3.57. The molecule has 0 saturated carbocycles. The fourth-order valence-corrected chi connectivity index (χ4v) is 4.75.